The lowest BCUT2D eigenvalue weighted by atomic mass is 10.1. The summed E-state index contributed by atoms with van der Waals surface area (Å²) in [5.41, 5.74) is 2.32. The number of nitrogens with one attached hydrogen (secondary N) is 3. The number of hydrogen-bond donors (Lipinski definition) is 3. The molecule has 0 fully saturated rings. The van der Waals surface area contributed by atoms with Gasteiger partial charge in [0.25, 0.3) is 5.91 Å². The highest BCUT2D eigenvalue weighted by Gasteiger charge is 2.11. The standard InChI is InChI=1S/C24H22FN3O4/c1-15(29)26-21-10-18(11-22(13-21)27-16(2)30)24(31)28-20-7-3-5-17(9-20)14-32-23-8-4-6-19(25)12-23/h3-13H,14H2,1-2H3,(H,26,29)(H,27,30)(H,28,31). The van der Waals surface area contributed by atoms with Gasteiger partial charge in [-0.3, -0.25) is 14.4 Å². The van der Waals surface area contributed by atoms with Gasteiger partial charge in [0, 0.05) is 42.5 Å². The average Bonchev–Trinajstić information content (AvgIpc) is 2.71. The zero-order valence-electron chi connectivity index (χ0n) is 17.6. The third kappa shape index (κ3) is 6.66. The Morgan fingerprint density at radius 2 is 1.44 bits per heavy atom. The van der Waals surface area contributed by atoms with E-state index in [1.165, 1.54) is 38.1 Å². The normalized spacial score (nSPS) is 10.2. The number of anilines is 3. The van der Waals surface area contributed by atoms with E-state index in [1.807, 2.05) is 6.07 Å². The van der Waals surface area contributed by atoms with Crippen molar-refractivity contribution >= 4 is 34.8 Å². The van der Waals surface area contributed by atoms with E-state index in [0.29, 0.717) is 22.8 Å². The van der Waals surface area contributed by atoms with Gasteiger partial charge in [-0.15, -0.1) is 0 Å². The Kier molecular flexibility index (Phi) is 7.17. The van der Waals surface area contributed by atoms with Gasteiger partial charge in [-0.05, 0) is 48.0 Å². The predicted octanol–water partition coefficient (Wildman–Crippen LogP) is 4.57. The molecule has 0 atom stereocenters. The lowest BCUT2D eigenvalue weighted by Gasteiger charge is -2.12. The number of carbonyl (C=O) groups excluding carboxylic acids is 3. The Labute approximate surface area is 184 Å². The summed E-state index contributed by atoms with van der Waals surface area (Å²) < 4.78 is 18.9. The summed E-state index contributed by atoms with van der Waals surface area (Å²) in [7, 11) is 0. The molecule has 0 spiro atoms. The van der Waals surface area contributed by atoms with E-state index in [-0.39, 0.29) is 29.8 Å². The molecule has 0 aliphatic rings. The molecule has 3 amide bonds. The third-order valence-electron chi connectivity index (χ3n) is 4.22. The molecular formula is C24H22FN3O4. The molecule has 32 heavy (non-hydrogen) atoms. The number of carbonyl (C=O) groups is 3. The van der Waals surface area contributed by atoms with E-state index in [2.05, 4.69) is 16.0 Å². The molecule has 0 saturated carbocycles. The Bertz CT molecular complexity index is 1130. The maximum absolute atomic E-state index is 13.3. The SMILES string of the molecule is CC(=O)Nc1cc(NC(C)=O)cc(C(=O)Nc2cccc(COc3cccc(F)c3)c2)c1. The lowest BCUT2D eigenvalue weighted by molar-refractivity contribution is -0.115. The van der Waals surface area contributed by atoms with Crippen LogP contribution in [0.1, 0.15) is 29.8 Å². The van der Waals surface area contributed by atoms with Crippen LogP contribution in [0.3, 0.4) is 0 Å². The summed E-state index contributed by atoms with van der Waals surface area (Å²) in [6.45, 7) is 2.89. The average molecular weight is 435 g/mol. The summed E-state index contributed by atoms with van der Waals surface area (Å²) >= 11 is 0. The summed E-state index contributed by atoms with van der Waals surface area (Å²) in [5, 5.41) is 8.01. The zero-order valence-corrected chi connectivity index (χ0v) is 17.6. The van der Waals surface area contributed by atoms with Crippen LogP contribution in [-0.4, -0.2) is 17.7 Å². The van der Waals surface area contributed by atoms with Crippen molar-refractivity contribution in [3.05, 3.63) is 83.7 Å². The number of amides is 3. The molecule has 0 heterocycles. The van der Waals surface area contributed by atoms with Gasteiger partial charge in [-0.2, -0.15) is 0 Å². The highest BCUT2D eigenvalue weighted by atomic mass is 19.1. The number of halogens is 1. The highest BCUT2D eigenvalue weighted by molar-refractivity contribution is 6.06. The smallest absolute Gasteiger partial charge is 0.255 e. The van der Waals surface area contributed by atoms with Crippen molar-refractivity contribution in [2.24, 2.45) is 0 Å². The van der Waals surface area contributed by atoms with Gasteiger partial charge in [0.1, 0.15) is 18.2 Å². The van der Waals surface area contributed by atoms with E-state index in [9.17, 15) is 18.8 Å². The van der Waals surface area contributed by atoms with Gasteiger partial charge in [0.15, 0.2) is 0 Å². The molecule has 0 aliphatic heterocycles. The van der Waals surface area contributed by atoms with Crippen LogP contribution in [0.5, 0.6) is 5.75 Å². The Hall–Kier alpha value is -4.20. The van der Waals surface area contributed by atoms with Gasteiger partial charge < -0.3 is 20.7 Å². The topological polar surface area (TPSA) is 96.5 Å². The summed E-state index contributed by atoms with van der Waals surface area (Å²) in [4.78, 5) is 35.6. The minimum absolute atomic E-state index is 0.192. The fraction of sp³-hybridized carbons (Fsp3) is 0.125. The van der Waals surface area contributed by atoms with E-state index >= 15 is 0 Å². The maximum atomic E-state index is 13.3. The van der Waals surface area contributed by atoms with Crippen molar-refractivity contribution < 1.29 is 23.5 Å². The molecule has 3 N–H and O–H groups in total. The summed E-state index contributed by atoms with van der Waals surface area (Å²) in [6, 6.07) is 17.5. The molecular weight excluding hydrogens is 413 g/mol. The molecule has 0 radical (unpaired) electrons. The van der Waals surface area contributed by atoms with Gasteiger partial charge in [-0.25, -0.2) is 4.39 Å². The van der Waals surface area contributed by atoms with Crippen molar-refractivity contribution in [1.82, 2.24) is 0 Å². The van der Waals surface area contributed by atoms with Crippen LogP contribution in [0.2, 0.25) is 0 Å². The Balaban J connectivity index is 1.74. The second kappa shape index (κ2) is 10.2. The minimum atomic E-state index is -0.424. The second-order valence-electron chi connectivity index (χ2n) is 7.06. The first-order valence-corrected chi connectivity index (χ1v) is 9.77. The van der Waals surface area contributed by atoms with Crippen molar-refractivity contribution in [3.8, 4) is 5.75 Å². The van der Waals surface area contributed by atoms with E-state index in [1.54, 1.807) is 36.4 Å². The fourth-order valence-electron chi connectivity index (χ4n) is 2.98. The first kappa shape index (κ1) is 22.5. The van der Waals surface area contributed by atoms with Crippen LogP contribution in [0, 0.1) is 5.82 Å². The van der Waals surface area contributed by atoms with E-state index in [4.69, 9.17) is 4.74 Å². The molecule has 0 aliphatic carbocycles. The van der Waals surface area contributed by atoms with Crippen molar-refractivity contribution in [2.45, 2.75) is 20.5 Å². The van der Waals surface area contributed by atoms with Gasteiger partial charge >= 0.3 is 0 Å². The Morgan fingerprint density at radius 3 is 2.06 bits per heavy atom. The van der Waals surface area contributed by atoms with Crippen molar-refractivity contribution in [3.63, 3.8) is 0 Å². The monoisotopic (exact) mass is 435 g/mol. The molecule has 3 aromatic rings. The number of hydrogen-bond acceptors (Lipinski definition) is 4. The minimum Gasteiger partial charge on any atom is -0.489 e. The maximum Gasteiger partial charge on any atom is 0.255 e. The molecule has 0 aromatic heterocycles. The molecule has 3 rings (SSSR count). The van der Waals surface area contributed by atoms with Crippen LogP contribution in [0.25, 0.3) is 0 Å². The third-order valence-corrected chi connectivity index (χ3v) is 4.22. The number of benzene rings is 3. The largest absolute Gasteiger partial charge is 0.489 e. The van der Waals surface area contributed by atoms with Crippen LogP contribution in [-0.2, 0) is 16.2 Å². The number of rotatable bonds is 7. The molecule has 164 valence electrons. The van der Waals surface area contributed by atoms with Crippen LogP contribution in [0.15, 0.2) is 66.7 Å². The first-order valence-electron chi connectivity index (χ1n) is 9.77. The second-order valence-corrected chi connectivity index (χ2v) is 7.06. The van der Waals surface area contributed by atoms with Crippen LogP contribution >= 0.6 is 0 Å². The molecule has 0 bridgehead atoms. The molecule has 8 heteroatoms. The first-order chi connectivity index (χ1) is 15.3. The predicted molar refractivity (Wildman–Crippen MR) is 120 cm³/mol. The van der Waals surface area contributed by atoms with E-state index in [0.717, 1.165) is 5.56 Å². The van der Waals surface area contributed by atoms with Gasteiger partial charge in [-0.1, -0.05) is 18.2 Å². The molecule has 0 saturated heterocycles. The zero-order chi connectivity index (χ0) is 23.1. The molecule has 7 nitrogen and oxygen atoms in total. The quantitative estimate of drug-likeness (QED) is 0.506. The highest BCUT2D eigenvalue weighted by Crippen LogP contribution is 2.21. The Morgan fingerprint density at radius 1 is 0.781 bits per heavy atom. The van der Waals surface area contributed by atoms with Gasteiger partial charge in [0.05, 0.1) is 0 Å². The molecule has 3 aromatic carbocycles. The lowest BCUT2D eigenvalue weighted by Crippen LogP contribution is -2.15. The van der Waals surface area contributed by atoms with Crippen molar-refractivity contribution in [2.75, 3.05) is 16.0 Å². The summed E-state index contributed by atoms with van der Waals surface area (Å²) in [5.74, 6) is -1.01. The summed E-state index contributed by atoms with van der Waals surface area (Å²) in [6.07, 6.45) is 0. The number of ether oxygens (including phenoxy) is 1. The van der Waals surface area contributed by atoms with Crippen LogP contribution in [0.4, 0.5) is 21.5 Å². The van der Waals surface area contributed by atoms with Crippen molar-refractivity contribution in [1.29, 1.82) is 0 Å². The van der Waals surface area contributed by atoms with Crippen LogP contribution < -0.4 is 20.7 Å². The van der Waals surface area contributed by atoms with Gasteiger partial charge in [0.2, 0.25) is 11.8 Å². The molecule has 0 unspecified atom stereocenters. The fourth-order valence-corrected chi connectivity index (χ4v) is 2.98. The van der Waals surface area contributed by atoms with E-state index < -0.39 is 5.91 Å².